The van der Waals surface area contributed by atoms with Crippen LogP contribution in [0.15, 0.2) is 78.2 Å². The van der Waals surface area contributed by atoms with Crippen LogP contribution in [0.3, 0.4) is 0 Å². The number of amides is 2. The van der Waals surface area contributed by atoms with Crippen LogP contribution in [0.25, 0.3) is 0 Å². The summed E-state index contributed by atoms with van der Waals surface area (Å²) in [5.74, 6) is -0.180. The Bertz CT molecular complexity index is 880. The van der Waals surface area contributed by atoms with E-state index in [9.17, 15) is 9.59 Å². The SMILES string of the molecule is O=C(CCNC(=O)c1cccs1)NC(CCCc1ccccc1)c1ccccc1. The van der Waals surface area contributed by atoms with Crippen molar-refractivity contribution in [2.45, 2.75) is 31.7 Å². The Morgan fingerprint density at radius 3 is 2.31 bits per heavy atom. The molecule has 3 aromatic rings. The molecule has 3 rings (SSSR count). The lowest BCUT2D eigenvalue weighted by molar-refractivity contribution is -0.121. The van der Waals surface area contributed by atoms with Crippen molar-refractivity contribution in [2.24, 2.45) is 0 Å². The maximum Gasteiger partial charge on any atom is 0.261 e. The highest BCUT2D eigenvalue weighted by atomic mass is 32.1. The summed E-state index contributed by atoms with van der Waals surface area (Å²) < 4.78 is 0. The Hall–Kier alpha value is -2.92. The summed E-state index contributed by atoms with van der Waals surface area (Å²) in [4.78, 5) is 25.1. The maximum absolute atomic E-state index is 12.5. The topological polar surface area (TPSA) is 58.2 Å². The highest BCUT2D eigenvalue weighted by molar-refractivity contribution is 7.12. The normalized spacial score (nSPS) is 11.6. The molecule has 1 atom stereocenters. The minimum atomic E-state index is -0.129. The van der Waals surface area contributed by atoms with Gasteiger partial charge < -0.3 is 10.6 Å². The van der Waals surface area contributed by atoms with E-state index in [4.69, 9.17) is 0 Å². The van der Waals surface area contributed by atoms with Crippen LogP contribution in [-0.4, -0.2) is 18.4 Å². The summed E-state index contributed by atoms with van der Waals surface area (Å²) in [5.41, 5.74) is 2.42. The van der Waals surface area contributed by atoms with E-state index in [-0.39, 0.29) is 24.3 Å². The first kappa shape index (κ1) is 20.8. The van der Waals surface area contributed by atoms with Crippen molar-refractivity contribution in [3.8, 4) is 0 Å². The molecule has 1 heterocycles. The third-order valence-corrected chi connectivity index (χ3v) is 5.59. The summed E-state index contributed by atoms with van der Waals surface area (Å²) >= 11 is 1.39. The van der Waals surface area contributed by atoms with Crippen molar-refractivity contribution < 1.29 is 9.59 Å². The second kappa shape index (κ2) is 11.2. The van der Waals surface area contributed by atoms with Crippen molar-refractivity contribution in [1.82, 2.24) is 10.6 Å². The molecule has 2 amide bonds. The van der Waals surface area contributed by atoms with Gasteiger partial charge in [-0.2, -0.15) is 0 Å². The zero-order chi connectivity index (χ0) is 20.3. The fourth-order valence-electron chi connectivity index (χ4n) is 3.21. The van der Waals surface area contributed by atoms with Gasteiger partial charge in [0.2, 0.25) is 5.91 Å². The fraction of sp³-hybridized carbons (Fsp3) is 0.250. The Morgan fingerprint density at radius 1 is 0.897 bits per heavy atom. The lowest BCUT2D eigenvalue weighted by Crippen LogP contribution is -2.32. The van der Waals surface area contributed by atoms with Crippen LogP contribution in [0.1, 0.15) is 46.1 Å². The van der Waals surface area contributed by atoms with Crippen molar-refractivity contribution >= 4 is 23.2 Å². The molecule has 2 N–H and O–H groups in total. The molecule has 29 heavy (non-hydrogen) atoms. The number of carbonyl (C=O) groups excluding carboxylic acids is 2. The van der Waals surface area contributed by atoms with Crippen molar-refractivity contribution in [2.75, 3.05) is 6.54 Å². The van der Waals surface area contributed by atoms with Gasteiger partial charge in [-0.25, -0.2) is 0 Å². The Labute approximate surface area is 176 Å². The maximum atomic E-state index is 12.5. The van der Waals surface area contributed by atoms with E-state index in [0.29, 0.717) is 11.4 Å². The van der Waals surface area contributed by atoms with E-state index in [0.717, 1.165) is 24.8 Å². The second-order valence-corrected chi connectivity index (χ2v) is 7.84. The number of nitrogens with one attached hydrogen (secondary N) is 2. The van der Waals surface area contributed by atoms with E-state index in [1.165, 1.54) is 16.9 Å². The lowest BCUT2D eigenvalue weighted by atomic mass is 9.99. The average molecular weight is 407 g/mol. The lowest BCUT2D eigenvalue weighted by Gasteiger charge is -2.19. The number of thiophene rings is 1. The molecule has 0 aliphatic carbocycles. The first-order valence-corrected chi connectivity index (χ1v) is 10.8. The minimum Gasteiger partial charge on any atom is -0.351 e. The van der Waals surface area contributed by atoms with Gasteiger partial charge in [0.05, 0.1) is 10.9 Å². The third kappa shape index (κ3) is 6.88. The quantitative estimate of drug-likeness (QED) is 0.510. The fourth-order valence-corrected chi connectivity index (χ4v) is 3.85. The smallest absolute Gasteiger partial charge is 0.261 e. The number of carbonyl (C=O) groups is 2. The van der Waals surface area contributed by atoms with Crippen molar-refractivity contribution in [3.63, 3.8) is 0 Å². The van der Waals surface area contributed by atoms with Crippen LogP contribution in [0.5, 0.6) is 0 Å². The van der Waals surface area contributed by atoms with Crippen LogP contribution in [0.2, 0.25) is 0 Å². The Morgan fingerprint density at radius 2 is 1.62 bits per heavy atom. The van der Waals surface area contributed by atoms with E-state index in [1.807, 2.05) is 47.8 Å². The highest BCUT2D eigenvalue weighted by Crippen LogP contribution is 2.20. The van der Waals surface area contributed by atoms with E-state index >= 15 is 0 Å². The number of hydrogen-bond donors (Lipinski definition) is 2. The molecule has 0 aliphatic heterocycles. The van der Waals surface area contributed by atoms with Crippen molar-refractivity contribution in [1.29, 1.82) is 0 Å². The molecule has 0 radical (unpaired) electrons. The Kier molecular flexibility index (Phi) is 8.01. The Balaban J connectivity index is 1.49. The molecule has 2 aromatic carbocycles. The van der Waals surface area contributed by atoms with Crippen molar-refractivity contribution in [3.05, 3.63) is 94.2 Å². The standard InChI is InChI=1S/C24H26N2O2S/c27-23(16-17-25-24(28)22-15-8-18-29-22)26-21(20-12-5-2-6-13-20)14-7-11-19-9-3-1-4-10-19/h1-6,8-10,12-13,15,18,21H,7,11,14,16-17H2,(H,25,28)(H,26,27). The van der Waals surface area contributed by atoms with Gasteiger partial charge in [-0.3, -0.25) is 9.59 Å². The summed E-state index contributed by atoms with van der Waals surface area (Å²) in [7, 11) is 0. The van der Waals surface area contributed by atoms with Gasteiger partial charge in [-0.15, -0.1) is 11.3 Å². The molecule has 0 aliphatic rings. The zero-order valence-electron chi connectivity index (χ0n) is 16.3. The predicted molar refractivity (Wildman–Crippen MR) is 118 cm³/mol. The predicted octanol–water partition coefficient (Wildman–Crippen LogP) is 4.75. The molecular formula is C24H26N2O2S. The van der Waals surface area contributed by atoms with Crippen LogP contribution < -0.4 is 10.6 Å². The van der Waals surface area contributed by atoms with Gasteiger partial charge >= 0.3 is 0 Å². The number of benzene rings is 2. The largest absolute Gasteiger partial charge is 0.351 e. The van der Waals surface area contributed by atoms with Gasteiger partial charge in [-0.1, -0.05) is 66.7 Å². The summed E-state index contributed by atoms with van der Waals surface area (Å²) in [6.07, 6.45) is 3.10. The minimum absolute atomic E-state index is 0.0274. The molecule has 150 valence electrons. The van der Waals surface area contributed by atoms with Gasteiger partial charge in [-0.05, 0) is 41.8 Å². The molecule has 5 heteroatoms. The highest BCUT2D eigenvalue weighted by Gasteiger charge is 2.15. The number of hydrogen-bond acceptors (Lipinski definition) is 3. The molecule has 4 nitrogen and oxygen atoms in total. The molecule has 1 aromatic heterocycles. The van der Waals surface area contributed by atoms with E-state index < -0.39 is 0 Å². The van der Waals surface area contributed by atoms with Gasteiger partial charge in [0.1, 0.15) is 0 Å². The van der Waals surface area contributed by atoms with Gasteiger partial charge in [0, 0.05) is 13.0 Å². The van der Waals surface area contributed by atoms with E-state index in [1.54, 1.807) is 6.07 Å². The summed E-state index contributed by atoms with van der Waals surface area (Å²) in [6, 6.07) is 24.0. The molecule has 1 unspecified atom stereocenters. The summed E-state index contributed by atoms with van der Waals surface area (Å²) in [6.45, 7) is 0.327. The first-order valence-electron chi connectivity index (χ1n) is 9.92. The first-order chi connectivity index (χ1) is 14.2. The number of aryl methyl sites for hydroxylation is 1. The van der Waals surface area contributed by atoms with Crippen LogP contribution in [0, 0.1) is 0 Å². The molecule has 0 fully saturated rings. The second-order valence-electron chi connectivity index (χ2n) is 6.89. The summed E-state index contributed by atoms with van der Waals surface area (Å²) in [5, 5.41) is 7.81. The van der Waals surface area contributed by atoms with Crippen LogP contribution in [-0.2, 0) is 11.2 Å². The van der Waals surface area contributed by atoms with Crippen LogP contribution in [0.4, 0.5) is 0 Å². The molecule has 0 bridgehead atoms. The monoisotopic (exact) mass is 406 g/mol. The van der Waals surface area contributed by atoms with Gasteiger partial charge in [0.15, 0.2) is 0 Å². The van der Waals surface area contributed by atoms with Crippen LogP contribution >= 0.6 is 11.3 Å². The molecule has 0 saturated carbocycles. The third-order valence-electron chi connectivity index (χ3n) is 4.72. The molecular weight excluding hydrogens is 380 g/mol. The number of rotatable bonds is 10. The zero-order valence-corrected chi connectivity index (χ0v) is 17.2. The van der Waals surface area contributed by atoms with E-state index in [2.05, 4.69) is 34.9 Å². The average Bonchev–Trinajstić information content (AvgIpc) is 3.29. The molecule has 0 saturated heterocycles. The molecule has 0 spiro atoms. The van der Waals surface area contributed by atoms with Gasteiger partial charge in [0.25, 0.3) is 5.91 Å².